The van der Waals surface area contributed by atoms with Crippen molar-refractivity contribution < 1.29 is 0 Å². The van der Waals surface area contributed by atoms with Crippen LogP contribution in [0.2, 0.25) is 0 Å². The highest BCUT2D eigenvalue weighted by Crippen LogP contribution is 2.14. The van der Waals surface area contributed by atoms with Gasteiger partial charge in [-0.25, -0.2) is 0 Å². The molecule has 0 saturated carbocycles. The van der Waals surface area contributed by atoms with E-state index in [0.29, 0.717) is 5.25 Å². The summed E-state index contributed by atoms with van der Waals surface area (Å²) in [6.07, 6.45) is 8.10. The first-order valence-electron chi connectivity index (χ1n) is 2.72. The Labute approximate surface area is 50.0 Å². The molecule has 0 N–H and O–H groups in total. The van der Waals surface area contributed by atoms with E-state index < -0.39 is 0 Å². The molecule has 0 aliphatic heterocycles. The molecule has 1 heteroatoms. The first-order chi connectivity index (χ1) is 3.39. The lowest BCUT2D eigenvalue weighted by Gasteiger charge is -2.08. The van der Waals surface area contributed by atoms with E-state index in [1.807, 2.05) is 0 Å². The third-order valence-corrected chi connectivity index (χ3v) is 1.71. The minimum atomic E-state index is 0.644. The summed E-state index contributed by atoms with van der Waals surface area (Å²) in [5.41, 5.74) is 0. The molecule has 0 aromatic carbocycles. The molecule has 7 heavy (non-hydrogen) atoms. The standard InChI is InChI=1S/C6H10S/c7-6-4-2-1-3-5-6/h1-2,6-7H,3-5H2. The van der Waals surface area contributed by atoms with Crippen molar-refractivity contribution in [3.63, 3.8) is 0 Å². The SMILES string of the molecule is SC1CC=CCC1. The molecule has 0 fully saturated rings. The highest BCUT2D eigenvalue weighted by Gasteiger charge is 2.01. The number of hydrogen-bond acceptors (Lipinski definition) is 1. The highest BCUT2D eigenvalue weighted by atomic mass is 32.1. The second-order valence-electron chi connectivity index (χ2n) is 1.94. The fourth-order valence-electron chi connectivity index (χ4n) is 0.778. The zero-order chi connectivity index (χ0) is 5.11. The zero-order valence-corrected chi connectivity index (χ0v) is 5.20. The number of allylic oxidation sites excluding steroid dienone is 2. The lowest BCUT2D eigenvalue weighted by atomic mass is 10.1. The van der Waals surface area contributed by atoms with Crippen LogP contribution < -0.4 is 0 Å². The van der Waals surface area contributed by atoms with E-state index in [4.69, 9.17) is 0 Å². The van der Waals surface area contributed by atoms with Gasteiger partial charge in [0, 0.05) is 5.25 Å². The van der Waals surface area contributed by atoms with Crippen LogP contribution >= 0.6 is 12.6 Å². The van der Waals surface area contributed by atoms with E-state index in [9.17, 15) is 0 Å². The van der Waals surface area contributed by atoms with Gasteiger partial charge in [0.15, 0.2) is 0 Å². The van der Waals surface area contributed by atoms with Crippen molar-refractivity contribution >= 4 is 12.6 Å². The molecule has 1 aliphatic rings. The molecule has 0 nitrogen and oxygen atoms in total. The van der Waals surface area contributed by atoms with Crippen LogP contribution in [0, 0.1) is 0 Å². The van der Waals surface area contributed by atoms with Gasteiger partial charge in [0.25, 0.3) is 0 Å². The van der Waals surface area contributed by atoms with Gasteiger partial charge in [-0.15, -0.1) is 0 Å². The van der Waals surface area contributed by atoms with Gasteiger partial charge >= 0.3 is 0 Å². The van der Waals surface area contributed by atoms with Crippen LogP contribution in [0.3, 0.4) is 0 Å². The number of thiol groups is 1. The smallest absolute Gasteiger partial charge is 0.00542 e. The molecule has 1 unspecified atom stereocenters. The molecule has 0 radical (unpaired) electrons. The maximum Gasteiger partial charge on any atom is 0.00542 e. The van der Waals surface area contributed by atoms with Crippen LogP contribution in [-0.4, -0.2) is 5.25 Å². The summed E-state index contributed by atoms with van der Waals surface area (Å²) < 4.78 is 0. The minimum absolute atomic E-state index is 0.644. The quantitative estimate of drug-likeness (QED) is 0.361. The van der Waals surface area contributed by atoms with Crippen LogP contribution in [0.15, 0.2) is 12.2 Å². The minimum Gasteiger partial charge on any atom is -0.176 e. The van der Waals surface area contributed by atoms with Crippen molar-refractivity contribution in [1.29, 1.82) is 0 Å². The molecule has 0 amide bonds. The van der Waals surface area contributed by atoms with Crippen LogP contribution in [0.1, 0.15) is 19.3 Å². The van der Waals surface area contributed by atoms with Gasteiger partial charge in [-0.1, -0.05) is 12.2 Å². The fraction of sp³-hybridized carbons (Fsp3) is 0.667. The second-order valence-corrected chi connectivity index (χ2v) is 2.67. The Hall–Kier alpha value is 0.0900. The van der Waals surface area contributed by atoms with Gasteiger partial charge in [0.2, 0.25) is 0 Å². The molecule has 0 aromatic rings. The predicted molar refractivity (Wildman–Crippen MR) is 35.8 cm³/mol. The Morgan fingerprint density at radius 2 is 2.29 bits per heavy atom. The third-order valence-electron chi connectivity index (χ3n) is 1.24. The van der Waals surface area contributed by atoms with Gasteiger partial charge in [-0.3, -0.25) is 0 Å². The first-order valence-corrected chi connectivity index (χ1v) is 3.24. The number of rotatable bonds is 0. The Balaban J connectivity index is 2.32. The van der Waals surface area contributed by atoms with Crippen LogP contribution in [0.5, 0.6) is 0 Å². The van der Waals surface area contributed by atoms with Gasteiger partial charge < -0.3 is 0 Å². The van der Waals surface area contributed by atoms with E-state index >= 15 is 0 Å². The van der Waals surface area contributed by atoms with Crippen molar-refractivity contribution in [2.75, 3.05) is 0 Å². The monoisotopic (exact) mass is 114 g/mol. The summed E-state index contributed by atoms with van der Waals surface area (Å²) in [4.78, 5) is 0. The third kappa shape index (κ3) is 1.56. The lowest BCUT2D eigenvalue weighted by Crippen LogP contribution is -1.98. The average molecular weight is 114 g/mol. The highest BCUT2D eigenvalue weighted by molar-refractivity contribution is 7.80. The largest absolute Gasteiger partial charge is 0.176 e. The molecule has 0 saturated heterocycles. The van der Waals surface area contributed by atoms with E-state index in [1.54, 1.807) is 0 Å². The summed E-state index contributed by atoms with van der Waals surface area (Å²) in [5.74, 6) is 0. The zero-order valence-electron chi connectivity index (χ0n) is 4.30. The maximum absolute atomic E-state index is 4.31. The van der Waals surface area contributed by atoms with Gasteiger partial charge in [0.1, 0.15) is 0 Å². The van der Waals surface area contributed by atoms with Crippen molar-refractivity contribution in [3.8, 4) is 0 Å². The Morgan fingerprint density at radius 3 is 2.57 bits per heavy atom. The van der Waals surface area contributed by atoms with Crippen molar-refractivity contribution in [3.05, 3.63) is 12.2 Å². The Kier molecular flexibility index (Phi) is 1.80. The Bertz CT molecular complexity index is 76.2. The molecule has 0 aromatic heterocycles. The van der Waals surface area contributed by atoms with Crippen LogP contribution in [0.4, 0.5) is 0 Å². The summed E-state index contributed by atoms with van der Waals surface area (Å²) in [6, 6.07) is 0. The average Bonchev–Trinajstić information content (AvgIpc) is 1.69. The molecule has 0 heterocycles. The van der Waals surface area contributed by atoms with E-state index in [0.717, 1.165) is 0 Å². The molecule has 1 rings (SSSR count). The van der Waals surface area contributed by atoms with E-state index in [2.05, 4.69) is 24.8 Å². The molecule has 0 spiro atoms. The predicted octanol–water partition coefficient (Wildman–Crippen LogP) is 2.02. The lowest BCUT2D eigenvalue weighted by molar-refractivity contribution is 0.753. The topological polar surface area (TPSA) is 0 Å². The molecule has 0 bridgehead atoms. The summed E-state index contributed by atoms with van der Waals surface area (Å²) in [7, 11) is 0. The van der Waals surface area contributed by atoms with Crippen LogP contribution in [0.25, 0.3) is 0 Å². The van der Waals surface area contributed by atoms with E-state index in [1.165, 1.54) is 19.3 Å². The maximum atomic E-state index is 4.31. The first kappa shape index (κ1) is 5.23. The molecular weight excluding hydrogens is 104 g/mol. The number of hydrogen-bond donors (Lipinski definition) is 1. The van der Waals surface area contributed by atoms with Gasteiger partial charge in [0.05, 0.1) is 0 Å². The van der Waals surface area contributed by atoms with Gasteiger partial charge in [-0.05, 0) is 19.3 Å². The summed E-state index contributed by atoms with van der Waals surface area (Å²) in [6.45, 7) is 0. The molecular formula is C6H10S. The molecule has 40 valence electrons. The fourth-order valence-corrected chi connectivity index (χ4v) is 1.05. The normalized spacial score (nSPS) is 30.7. The van der Waals surface area contributed by atoms with Crippen LogP contribution in [-0.2, 0) is 0 Å². The summed E-state index contributed by atoms with van der Waals surface area (Å²) >= 11 is 4.31. The van der Waals surface area contributed by atoms with Crippen molar-refractivity contribution in [2.24, 2.45) is 0 Å². The van der Waals surface area contributed by atoms with Gasteiger partial charge in [-0.2, -0.15) is 12.6 Å². The Morgan fingerprint density at radius 1 is 1.43 bits per heavy atom. The second kappa shape index (κ2) is 2.41. The van der Waals surface area contributed by atoms with Crippen molar-refractivity contribution in [2.45, 2.75) is 24.5 Å². The van der Waals surface area contributed by atoms with Crippen molar-refractivity contribution in [1.82, 2.24) is 0 Å². The van der Waals surface area contributed by atoms with E-state index in [-0.39, 0.29) is 0 Å². The molecule has 1 atom stereocenters. The molecule has 1 aliphatic carbocycles. The summed E-state index contributed by atoms with van der Waals surface area (Å²) in [5, 5.41) is 0.644.